The molecule has 9 heteroatoms. The summed E-state index contributed by atoms with van der Waals surface area (Å²) >= 11 is 0. The number of hydrogen-bond donors (Lipinski definition) is 1. The van der Waals surface area contributed by atoms with Gasteiger partial charge < -0.3 is 19.5 Å². The highest BCUT2D eigenvalue weighted by Gasteiger charge is 2.34. The van der Waals surface area contributed by atoms with Crippen molar-refractivity contribution in [1.82, 2.24) is 5.32 Å². The molecule has 0 heterocycles. The van der Waals surface area contributed by atoms with Gasteiger partial charge in [0.25, 0.3) is 0 Å². The van der Waals surface area contributed by atoms with Crippen molar-refractivity contribution in [2.75, 3.05) is 13.7 Å². The number of methoxy groups -OCH3 is 1. The summed E-state index contributed by atoms with van der Waals surface area (Å²) in [7, 11) is 1.44. The van der Waals surface area contributed by atoms with Crippen molar-refractivity contribution in [2.45, 2.75) is 19.5 Å². The molecule has 0 unspecified atom stereocenters. The standard InChI is InChI=1S/C26H24F3NO5/c1-17(31)35-24-15-18(11-13-23(24)33-2)12-14-25(32)30-21-9-5-3-7-19(21)16-34-22-10-6-4-8-20(22)26(27,28)29/h3-6,8-15,19H,7,16H2,1-2H3,(H,30,32)/b14-12+/t19-/m0/s1. The fraction of sp³-hybridized carbons (Fsp3) is 0.231. The van der Waals surface area contributed by atoms with Gasteiger partial charge in [-0.05, 0) is 48.4 Å². The van der Waals surface area contributed by atoms with Crippen LogP contribution in [0.5, 0.6) is 17.2 Å². The van der Waals surface area contributed by atoms with Crippen LogP contribution in [0.15, 0.2) is 72.5 Å². The number of amides is 1. The van der Waals surface area contributed by atoms with Crippen LogP contribution in [0.4, 0.5) is 13.2 Å². The number of nitrogens with one attached hydrogen (secondary N) is 1. The molecule has 0 bridgehead atoms. The molecular weight excluding hydrogens is 463 g/mol. The number of halogens is 3. The average molecular weight is 487 g/mol. The Morgan fingerprint density at radius 3 is 2.60 bits per heavy atom. The zero-order chi connectivity index (χ0) is 25.4. The summed E-state index contributed by atoms with van der Waals surface area (Å²) < 4.78 is 55.4. The van der Waals surface area contributed by atoms with E-state index in [-0.39, 0.29) is 24.0 Å². The number of rotatable bonds is 8. The lowest BCUT2D eigenvalue weighted by Crippen LogP contribution is -2.29. The number of esters is 1. The summed E-state index contributed by atoms with van der Waals surface area (Å²) in [5.74, 6) is -0.948. The van der Waals surface area contributed by atoms with E-state index in [0.29, 0.717) is 23.4 Å². The Morgan fingerprint density at radius 2 is 1.89 bits per heavy atom. The Balaban J connectivity index is 1.65. The fourth-order valence-corrected chi connectivity index (χ4v) is 3.38. The van der Waals surface area contributed by atoms with Gasteiger partial charge in [-0.25, -0.2) is 0 Å². The first-order valence-corrected chi connectivity index (χ1v) is 10.7. The second-order valence-electron chi connectivity index (χ2n) is 7.61. The van der Waals surface area contributed by atoms with Gasteiger partial charge >= 0.3 is 12.1 Å². The van der Waals surface area contributed by atoms with Crippen LogP contribution in [0.2, 0.25) is 0 Å². The number of para-hydroxylation sites is 1. The van der Waals surface area contributed by atoms with Crippen molar-refractivity contribution in [1.29, 1.82) is 0 Å². The van der Waals surface area contributed by atoms with Gasteiger partial charge in [0.15, 0.2) is 11.5 Å². The Kier molecular flexibility index (Phi) is 8.35. The Hall–Kier alpha value is -4.01. The highest BCUT2D eigenvalue weighted by atomic mass is 19.4. The van der Waals surface area contributed by atoms with Gasteiger partial charge in [0.2, 0.25) is 5.91 Å². The molecule has 2 aromatic rings. The predicted octanol–water partition coefficient (Wildman–Crippen LogP) is 5.31. The van der Waals surface area contributed by atoms with Gasteiger partial charge in [0.05, 0.1) is 19.3 Å². The topological polar surface area (TPSA) is 73.9 Å². The van der Waals surface area contributed by atoms with Gasteiger partial charge in [0.1, 0.15) is 5.75 Å². The van der Waals surface area contributed by atoms with Crippen molar-refractivity contribution >= 4 is 18.0 Å². The lowest BCUT2D eigenvalue weighted by Gasteiger charge is -2.23. The molecule has 0 aromatic heterocycles. The van der Waals surface area contributed by atoms with Crippen molar-refractivity contribution in [3.63, 3.8) is 0 Å². The Labute approximate surface area is 200 Å². The summed E-state index contributed by atoms with van der Waals surface area (Å²) in [6, 6.07) is 9.86. The third-order valence-electron chi connectivity index (χ3n) is 5.04. The quantitative estimate of drug-likeness (QED) is 0.311. The highest BCUT2D eigenvalue weighted by Crippen LogP contribution is 2.36. The molecule has 0 fully saturated rings. The normalized spacial score (nSPS) is 15.5. The molecule has 2 aromatic carbocycles. The second-order valence-corrected chi connectivity index (χ2v) is 7.61. The SMILES string of the molecule is COc1ccc(/C=C/C(=O)NC2=CC=CC[C@H]2COc2ccccc2C(F)(F)F)cc1OC(C)=O. The number of carbonyl (C=O) groups is 2. The minimum absolute atomic E-state index is 0.0442. The molecular formula is C26H24F3NO5. The minimum atomic E-state index is -4.53. The predicted molar refractivity (Wildman–Crippen MR) is 124 cm³/mol. The zero-order valence-corrected chi connectivity index (χ0v) is 19.1. The van der Waals surface area contributed by atoms with E-state index in [4.69, 9.17) is 14.2 Å². The molecule has 1 aliphatic carbocycles. The van der Waals surface area contributed by atoms with Crippen LogP contribution in [0, 0.1) is 5.92 Å². The summed E-state index contributed by atoms with van der Waals surface area (Å²) in [6.45, 7) is 1.22. The van der Waals surface area contributed by atoms with Crippen molar-refractivity contribution in [3.05, 3.63) is 83.6 Å². The average Bonchev–Trinajstić information content (AvgIpc) is 2.81. The van der Waals surface area contributed by atoms with E-state index >= 15 is 0 Å². The molecule has 1 aliphatic rings. The molecule has 0 saturated heterocycles. The van der Waals surface area contributed by atoms with Gasteiger partial charge in [-0.3, -0.25) is 9.59 Å². The minimum Gasteiger partial charge on any atom is -0.493 e. The van der Waals surface area contributed by atoms with E-state index in [1.807, 2.05) is 6.08 Å². The Morgan fingerprint density at radius 1 is 1.11 bits per heavy atom. The molecule has 1 atom stereocenters. The van der Waals surface area contributed by atoms with Gasteiger partial charge in [0, 0.05) is 24.6 Å². The van der Waals surface area contributed by atoms with Crippen molar-refractivity contribution in [2.24, 2.45) is 5.92 Å². The smallest absolute Gasteiger partial charge is 0.419 e. The maximum atomic E-state index is 13.2. The number of hydrogen-bond acceptors (Lipinski definition) is 5. The second kappa shape index (κ2) is 11.4. The first kappa shape index (κ1) is 25.6. The molecule has 0 radical (unpaired) electrons. The molecule has 1 amide bonds. The first-order chi connectivity index (χ1) is 16.7. The number of carbonyl (C=O) groups excluding carboxylic acids is 2. The molecule has 3 rings (SSSR count). The van der Waals surface area contributed by atoms with Crippen LogP contribution in [0.25, 0.3) is 6.08 Å². The number of allylic oxidation sites excluding steroid dienone is 3. The van der Waals surface area contributed by atoms with E-state index in [9.17, 15) is 22.8 Å². The third kappa shape index (κ3) is 7.23. The third-order valence-corrected chi connectivity index (χ3v) is 5.04. The molecule has 35 heavy (non-hydrogen) atoms. The van der Waals surface area contributed by atoms with Crippen LogP contribution < -0.4 is 19.5 Å². The molecule has 0 spiro atoms. The maximum Gasteiger partial charge on any atom is 0.419 e. The molecule has 184 valence electrons. The van der Waals surface area contributed by atoms with Crippen LogP contribution in [0.3, 0.4) is 0 Å². The summed E-state index contributed by atoms with van der Waals surface area (Å²) in [5.41, 5.74) is 0.275. The van der Waals surface area contributed by atoms with Crippen LogP contribution in [-0.2, 0) is 15.8 Å². The maximum absolute atomic E-state index is 13.2. The van der Waals surface area contributed by atoms with Crippen LogP contribution in [-0.4, -0.2) is 25.6 Å². The molecule has 1 N–H and O–H groups in total. The van der Waals surface area contributed by atoms with E-state index in [2.05, 4.69) is 5.32 Å². The zero-order valence-electron chi connectivity index (χ0n) is 19.1. The summed E-state index contributed by atoms with van der Waals surface area (Å²) in [5, 5.41) is 2.76. The van der Waals surface area contributed by atoms with Gasteiger partial charge in [-0.15, -0.1) is 0 Å². The lowest BCUT2D eigenvalue weighted by atomic mass is 9.97. The summed E-state index contributed by atoms with van der Waals surface area (Å²) in [4.78, 5) is 23.8. The molecule has 0 aliphatic heterocycles. The van der Waals surface area contributed by atoms with Gasteiger partial charge in [-0.1, -0.05) is 30.4 Å². The van der Waals surface area contributed by atoms with Gasteiger partial charge in [-0.2, -0.15) is 13.2 Å². The van der Waals surface area contributed by atoms with Crippen molar-refractivity contribution in [3.8, 4) is 17.2 Å². The van der Waals surface area contributed by atoms with E-state index < -0.39 is 23.6 Å². The number of benzene rings is 2. The fourth-order valence-electron chi connectivity index (χ4n) is 3.38. The molecule has 6 nitrogen and oxygen atoms in total. The van der Waals surface area contributed by atoms with Crippen LogP contribution >= 0.6 is 0 Å². The number of ether oxygens (including phenoxy) is 3. The number of alkyl halides is 3. The van der Waals surface area contributed by atoms with Crippen molar-refractivity contribution < 1.29 is 37.0 Å². The largest absolute Gasteiger partial charge is 0.493 e. The first-order valence-electron chi connectivity index (χ1n) is 10.7. The summed E-state index contributed by atoms with van der Waals surface area (Å²) in [6.07, 6.45) is 4.09. The lowest BCUT2D eigenvalue weighted by molar-refractivity contribution is -0.139. The van der Waals surface area contributed by atoms with E-state index in [1.165, 1.54) is 44.4 Å². The van der Waals surface area contributed by atoms with E-state index in [1.54, 1.807) is 30.4 Å². The Bertz CT molecular complexity index is 1170. The van der Waals surface area contributed by atoms with E-state index in [0.717, 1.165) is 6.07 Å². The van der Waals surface area contributed by atoms with Crippen LogP contribution in [0.1, 0.15) is 24.5 Å². The highest BCUT2D eigenvalue weighted by molar-refractivity contribution is 5.93. The monoisotopic (exact) mass is 487 g/mol. The molecule has 0 saturated carbocycles.